The van der Waals surface area contributed by atoms with Gasteiger partial charge in [0, 0.05) is 11.0 Å². The van der Waals surface area contributed by atoms with Gasteiger partial charge in [-0.15, -0.1) is 6.58 Å². The molecule has 0 amide bonds. The van der Waals surface area contributed by atoms with Crippen LogP contribution in [0.15, 0.2) is 28.8 Å². The van der Waals surface area contributed by atoms with Gasteiger partial charge in [0.25, 0.3) is 0 Å². The molecule has 0 unspecified atom stereocenters. The number of nitrogens with one attached hydrogen (secondary N) is 1. The van der Waals surface area contributed by atoms with Gasteiger partial charge >= 0.3 is 0 Å². The number of anilines is 1. The van der Waals surface area contributed by atoms with Crippen LogP contribution in [0.4, 0.5) is 5.69 Å². The zero-order valence-electron chi connectivity index (χ0n) is 8.41. The highest BCUT2D eigenvalue weighted by Crippen LogP contribution is 2.33. The van der Waals surface area contributed by atoms with Gasteiger partial charge in [-0.1, -0.05) is 44.7 Å². The van der Waals surface area contributed by atoms with E-state index in [2.05, 4.69) is 27.8 Å². The van der Waals surface area contributed by atoms with Gasteiger partial charge in [-0.25, -0.2) is 0 Å². The maximum Gasteiger partial charge on any atom is 0.0719 e. The molecule has 1 nitrogen and oxygen atoms in total. The lowest BCUT2D eigenvalue weighted by molar-refractivity contribution is 1.00. The zero-order chi connectivity index (χ0) is 11.4. The van der Waals surface area contributed by atoms with Crippen molar-refractivity contribution in [1.29, 1.82) is 0 Å². The van der Waals surface area contributed by atoms with Crippen molar-refractivity contribution < 1.29 is 0 Å². The average molecular weight is 309 g/mol. The third kappa shape index (κ3) is 4.06. The SMILES string of the molecule is C=C(C)CCNc1c(Cl)cc(Br)cc1Cl. The van der Waals surface area contributed by atoms with Gasteiger partial charge in [-0.2, -0.15) is 0 Å². The molecule has 82 valence electrons. The summed E-state index contributed by atoms with van der Waals surface area (Å²) >= 11 is 15.4. The van der Waals surface area contributed by atoms with Crippen molar-refractivity contribution in [2.75, 3.05) is 11.9 Å². The van der Waals surface area contributed by atoms with Gasteiger partial charge in [0.2, 0.25) is 0 Å². The molecular formula is C11H12BrCl2N. The fourth-order valence-electron chi connectivity index (χ4n) is 1.11. The largest absolute Gasteiger partial charge is 0.382 e. The Balaban J connectivity index is 2.72. The topological polar surface area (TPSA) is 12.0 Å². The Morgan fingerprint density at radius 1 is 1.40 bits per heavy atom. The molecule has 4 heteroatoms. The van der Waals surface area contributed by atoms with E-state index in [0.717, 1.165) is 28.7 Å². The third-order valence-corrected chi connectivity index (χ3v) is 2.91. The van der Waals surface area contributed by atoms with E-state index in [4.69, 9.17) is 23.2 Å². The Kier molecular flexibility index (Phi) is 4.97. The molecule has 1 aromatic rings. The van der Waals surface area contributed by atoms with Crippen molar-refractivity contribution in [3.63, 3.8) is 0 Å². The fraction of sp³-hybridized carbons (Fsp3) is 0.273. The van der Waals surface area contributed by atoms with Crippen molar-refractivity contribution in [2.24, 2.45) is 0 Å². The number of halogens is 3. The first-order chi connectivity index (χ1) is 7.00. The first kappa shape index (κ1) is 12.9. The standard InChI is InChI=1S/C11H12BrCl2N/c1-7(2)3-4-15-11-9(13)5-8(12)6-10(11)14/h5-6,15H,1,3-4H2,2H3. The molecule has 0 aliphatic carbocycles. The zero-order valence-corrected chi connectivity index (χ0v) is 11.5. The van der Waals surface area contributed by atoms with Crippen LogP contribution in [0.2, 0.25) is 10.0 Å². The van der Waals surface area contributed by atoms with E-state index in [1.54, 1.807) is 0 Å². The van der Waals surface area contributed by atoms with Crippen LogP contribution in [-0.2, 0) is 0 Å². The molecular weight excluding hydrogens is 297 g/mol. The molecule has 0 aliphatic heterocycles. The van der Waals surface area contributed by atoms with E-state index in [9.17, 15) is 0 Å². The molecule has 0 aromatic heterocycles. The Hall–Kier alpha value is -0.180. The Labute approximate surface area is 109 Å². The van der Waals surface area contributed by atoms with Gasteiger partial charge in [0.1, 0.15) is 0 Å². The minimum absolute atomic E-state index is 0.621. The van der Waals surface area contributed by atoms with Gasteiger partial charge in [0.15, 0.2) is 0 Å². The highest BCUT2D eigenvalue weighted by atomic mass is 79.9. The van der Waals surface area contributed by atoms with E-state index in [1.165, 1.54) is 0 Å². The highest BCUT2D eigenvalue weighted by Gasteiger charge is 2.06. The van der Waals surface area contributed by atoms with Crippen LogP contribution in [0.25, 0.3) is 0 Å². The molecule has 0 saturated heterocycles. The molecule has 1 rings (SSSR count). The predicted molar refractivity (Wildman–Crippen MR) is 72.1 cm³/mol. The second-order valence-corrected chi connectivity index (χ2v) is 5.11. The number of hydrogen-bond donors (Lipinski definition) is 1. The lowest BCUT2D eigenvalue weighted by atomic mass is 10.2. The third-order valence-electron chi connectivity index (χ3n) is 1.86. The number of rotatable bonds is 4. The number of hydrogen-bond acceptors (Lipinski definition) is 1. The number of benzene rings is 1. The minimum atomic E-state index is 0.621. The summed E-state index contributed by atoms with van der Waals surface area (Å²) in [7, 11) is 0. The second-order valence-electron chi connectivity index (χ2n) is 3.38. The summed E-state index contributed by atoms with van der Waals surface area (Å²) in [4.78, 5) is 0. The molecule has 0 fully saturated rings. The van der Waals surface area contributed by atoms with Crippen LogP contribution in [-0.4, -0.2) is 6.54 Å². The van der Waals surface area contributed by atoms with E-state index in [0.29, 0.717) is 10.0 Å². The quantitative estimate of drug-likeness (QED) is 0.760. The molecule has 0 spiro atoms. The van der Waals surface area contributed by atoms with Crippen LogP contribution >= 0.6 is 39.1 Å². The fourth-order valence-corrected chi connectivity index (χ4v) is 2.45. The van der Waals surface area contributed by atoms with Crippen molar-refractivity contribution in [2.45, 2.75) is 13.3 Å². The lowest BCUT2D eigenvalue weighted by Gasteiger charge is -2.10. The van der Waals surface area contributed by atoms with E-state index >= 15 is 0 Å². The van der Waals surface area contributed by atoms with Crippen LogP contribution in [0.1, 0.15) is 13.3 Å². The first-order valence-electron chi connectivity index (χ1n) is 4.53. The van der Waals surface area contributed by atoms with Gasteiger partial charge in [0.05, 0.1) is 15.7 Å². The van der Waals surface area contributed by atoms with E-state index in [1.807, 2.05) is 19.1 Å². The Morgan fingerprint density at radius 2 is 1.93 bits per heavy atom. The minimum Gasteiger partial charge on any atom is -0.382 e. The van der Waals surface area contributed by atoms with Gasteiger partial charge in [-0.3, -0.25) is 0 Å². The smallest absolute Gasteiger partial charge is 0.0719 e. The maximum atomic E-state index is 6.05. The Morgan fingerprint density at radius 3 is 2.40 bits per heavy atom. The predicted octanol–water partition coefficient (Wildman–Crippen LogP) is 5.13. The Bertz CT molecular complexity index is 354. The van der Waals surface area contributed by atoms with Crippen molar-refractivity contribution >= 4 is 44.8 Å². The van der Waals surface area contributed by atoms with Gasteiger partial charge < -0.3 is 5.32 Å². The van der Waals surface area contributed by atoms with Crippen molar-refractivity contribution in [3.05, 3.63) is 38.8 Å². The van der Waals surface area contributed by atoms with Crippen LogP contribution < -0.4 is 5.32 Å². The molecule has 0 radical (unpaired) electrons. The summed E-state index contributed by atoms with van der Waals surface area (Å²) < 4.78 is 0.878. The molecule has 0 atom stereocenters. The van der Waals surface area contributed by atoms with Crippen LogP contribution in [0.5, 0.6) is 0 Å². The monoisotopic (exact) mass is 307 g/mol. The lowest BCUT2D eigenvalue weighted by Crippen LogP contribution is -2.02. The molecule has 0 saturated carbocycles. The summed E-state index contributed by atoms with van der Waals surface area (Å²) in [5.74, 6) is 0. The summed E-state index contributed by atoms with van der Waals surface area (Å²) in [6.45, 7) is 6.61. The summed E-state index contributed by atoms with van der Waals surface area (Å²) in [5, 5.41) is 4.44. The molecule has 0 heterocycles. The maximum absolute atomic E-state index is 6.05. The summed E-state index contributed by atoms with van der Waals surface area (Å²) in [6.07, 6.45) is 0.905. The second kappa shape index (κ2) is 5.78. The summed E-state index contributed by atoms with van der Waals surface area (Å²) in [5.41, 5.74) is 1.91. The normalized spacial score (nSPS) is 10.1. The molecule has 0 aliphatic rings. The van der Waals surface area contributed by atoms with Crippen molar-refractivity contribution in [1.82, 2.24) is 0 Å². The molecule has 15 heavy (non-hydrogen) atoms. The molecule has 1 N–H and O–H groups in total. The van der Waals surface area contributed by atoms with E-state index < -0.39 is 0 Å². The highest BCUT2D eigenvalue weighted by molar-refractivity contribution is 9.10. The molecule has 0 bridgehead atoms. The van der Waals surface area contributed by atoms with E-state index in [-0.39, 0.29) is 0 Å². The van der Waals surface area contributed by atoms with Gasteiger partial charge in [-0.05, 0) is 25.5 Å². The average Bonchev–Trinajstić information content (AvgIpc) is 2.08. The first-order valence-corrected chi connectivity index (χ1v) is 6.08. The van der Waals surface area contributed by atoms with Crippen LogP contribution in [0.3, 0.4) is 0 Å². The molecule has 1 aromatic carbocycles. The van der Waals surface area contributed by atoms with Crippen molar-refractivity contribution in [3.8, 4) is 0 Å². The van der Waals surface area contributed by atoms with Crippen LogP contribution in [0, 0.1) is 0 Å². The summed E-state index contributed by atoms with van der Waals surface area (Å²) in [6, 6.07) is 3.63.